The van der Waals surface area contributed by atoms with Gasteiger partial charge in [0.25, 0.3) is 0 Å². The molecule has 2 rings (SSSR count). The van der Waals surface area contributed by atoms with Crippen LogP contribution < -0.4 is 10.6 Å². The van der Waals surface area contributed by atoms with Crippen LogP contribution in [0.3, 0.4) is 0 Å². The van der Waals surface area contributed by atoms with Gasteiger partial charge in [0.15, 0.2) is 0 Å². The van der Waals surface area contributed by atoms with Crippen molar-refractivity contribution < 1.29 is 23.9 Å². The molecule has 0 bridgehead atoms. The number of hydrogen-bond acceptors (Lipinski definition) is 5. The molecule has 0 saturated carbocycles. The van der Waals surface area contributed by atoms with Crippen molar-refractivity contribution in [3.8, 4) is 0 Å². The Morgan fingerprint density at radius 3 is 2.57 bits per heavy atom. The summed E-state index contributed by atoms with van der Waals surface area (Å²) in [5.74, 6) is -1.07. The van der Waals surface area contributed by atoms with Crippen LogP contribution in [0.2, 0.25) is 0 Å². The zero-order valence-corrected chi connectivity index (χ0v) is 13.1. The van der Waals surface area contributed by atoms with E-state index in [9.17, 15) is 14.4 Å². The number of benzene rings is 1. The van der Waals surface area contributed by atoms with Crippen molar-refractivity contribution in [1.82, 2.24) is 10.6 Å². The molecule has 7 nitrogen and oxygen atoms in total. The highest BCUT2D eigenvalue weighted by atomic mass is 16.6. The SMILES string of the molecule is CC(C)NC(=O)NCc1ccc(C(=O)OC2CCOC2=O)cc1. The minimum absolute atomic E-state index is 0.0643. The van der Waals surface area contributed by atoms with E-state index in [4.69, 9.17) is 9.47 Å². The molecule has 0 aromatic heterocycles. The average molecular weight is 320 g/mol. The normalized spacial score (nSPS) is 16.8. The Kier molecular flexibility index (Phi) is 5.56. The van der Waals surface area contributed by atoms with Gasteiger partial charge in [0.1, 0.15) is 0 Å². The number of ether oxygens (including phenoxy) is 2. The first-order chi connectivity index (χ1) is 11.0. The summed E-state index contributed by atoms with van der Waals surface area (Å²) >= 11 is 0. The summed E-state index contributed by atoms with van der Waals surface area (Å²) in [4.78, 5) is 34.7. The number of cyclic esters (lactones) is 1. The van der Waals surface area contributed by atoms with Gasteiger partial charge in [0, 0.05) is 19.0 Å². The summed E-state index contributed by atoms with van der Waals surface area (Å²) in [7, 11) is 0. The number of rotatable bonds is 5. The minimum Gasteiger partial charge on any atom is -0.463 e. The lowest BCUT2D eigenvalue weighted by molar-refractivity contribution is -0.145. The number of carbonyl (C=O) groups excluding carboxylic acids is 3. The van der Waals surface area contributed by atoms with E-state index < -0.39 is 18.0 Å². The van der Waals surface area contributed by atoms with E-state index in [-0.39, 0.29) is 18.7 Å². The van der Waals surface area contributed by atoms with E-state index in [1.165, 1.54) is 0 Å². The van der Waals surface area contributed by atoms with Crippen molar-refractivity contribution in [3.05, 3.63) is 35.4 Å². The maximum absolute atomic E-state index is 11.9. The van der Waals surface area contributed by atoms with Crippen LogP contribution in [0.1, 0.15) is 36.2 Å². The van der Waals surface area contributed by atoms with Crippen LogP contribution in [0.5, 0.6) is 0 Å². The van der Waals surface area contributed by atoms with Crippen LogP contribution >= 0.6 is 0 Å². The van der Waals surface area contributed by atoms with E-state index in [0.717, 1.165) is 5.56 Å². The van der Waals surface area contributed by atoms with E-state index in [1.807, 2.05) is 13.8 Å². The molecule has 1 aromatic rings. The third-order valence-corrected chi connectivity index (χ3v) is 3.20. The fraction of sp³-hybridized carbons (Fsp3) is 0.438. The van der Waals surface area contributed by atoms with E-state index in [2.05, 4.69) is 10.6 Å². The van der Waals surface area contributed by atoms with E-state index >= 15 is 0 Å². The molecule has 1 aromatic carbocycles. The molecular formula is C16H20N2O5. The summed E-state index contributed by atoms with van der Waals surface area (Å²) < 4.78 is 9.84. The zero-order valence-electron chi connectivity index (χ0n) is 13.1. The van der Waals surface area contributed by atoms with Crippen LogP contribution in [0, 0.1) is 0 Å². The highest BCUT2D eigenvalue weighted by Gasteiger charge is 2.30. The minimum atomic E-state index is -0.816. The highest BCUT2D eigenvalue weighted by Crippen LogP contribution is 2.14. The number of urea groups is 1. The second-order valence-corrected chi connectivity index (χ2v) is 5.53. The Bertz CT molecular complexity index is 583. The molecule has 1 unspecified atom stereocenters. The van der Waals surface area contributed by atoms with Gasteiger partial charge in [0.2, 0.25) is 6.10 Å². The van der Waals surface area contributed by atoms with Crippen LogP contribution in [-0.2, 0) is 20.8 Å². The standard InChI is InChI=1S/C16H20N2O5/c1-10(2)18-16(21)17-9-11-3-5-12(6-4-11)14(19)23-13-7-8-22-15(13)20/h3-6,10,13H,7-9H2,1-2H3,(H2,17,18,21). The number of carbonyl (C=O) groups is 3. The zero-order chi connectivity index (χ0) is 16.8. The van der Waals surface area contributed by atoms with Gasteiger partial charge < -0.3 is 20.1 Å². The number of amides is 2. The second kappa shape index (κ2) is 7.62. The molecule has 0 spiro atoms. The van der Waals surface area contributed by atoms with Crippen LogP contribution in [-0.4, -0.2) is 36.7 Å². The van der Waals surface area contributed by atoms with Crippen LogP contribution in [0.4, 0.5) is 4.79 Å². The van der Waals surface area contributed by atoms with Crippen LogP contribution in [0.15, 0.2) is 24.3 Å². The molecule has 23 heavy (non-hydrogen) atoms. The van der Waals surface area contributed by atoms with Crippen molar-refractivity contribution in [1.29, 1.82) is 0 Å². The van der Waals surface area contributed by atoms with Crippen molar-refractivity contribution >= 4 is 18.0 Å². The molecule has 7 heteroatoms. The molecule has 0 radical (unpaired) electrons. The fourth-order valence-electron chi connectivity index (χ4n) is 2.04. The molecule has 2 N–H and O–H groups in total. The Labute approximate surface area is 134 Å². The van der Waals surface area contributed by atoms with Gasteiger partial charge in [-0.1, -0.05) is 12.1 Å². The second-order valence-electron chi connectivity index (χ2n) is 5.53. The smallest absolute Gasteiger partial charge is 0.347 e. The predicted octanol–water partition coefficient (Wildman–Crippen LogP) is 1.37. The molecule has 1 atom stereocenters. The molecule has 2 amide bonds. The Morgan fingerprint density at radius 2 is 2.00 bits per heavy atom. The lowest BCUT2D eigenvalue weighted by Gasteiger charge is -2.11. The van der Waals surface area contributed by atoms with Gasteiger partial charge in [-0.2, -0.15) is 0 Å². The first-order valence-corrected chi connectivity index (χ1v) is 7.46. The van der Waals surface area contributed by atoms with Crippen LogP contribution in [0.25, 0.3) is 0 Å². The number of nitrogens with one attached hydrogen (secondary N) is 2. The van der Waals surface area contributed by atoms with Crippen molar-refractivity contribution in [2.24, 2.45) is 0 Å². The van der Waals surface area contributed by atoms with E-state index in [0.29, 0.717) is 18.5 Å². The molecule has 0 aliphatic carbocycles. The maximum Gasteiger partial charge on any atom is 0.347 e. The van der Waals surface area contributed by atoms with Gasteiger partial charge in [-0.15, -0.1) is 0 Å². The molecule has 124 valence electrons. The largest absolute Gasteiger partial charge is 0.463 e. The summed E-state index contributed by atoms with van der Waals surface area (Å²) in [5, 5.41) is 5.44. The third kappa shape index (κ3) is 4.98. The van der Waals surface area contributed by atoms with Gasteiger partial charge in [-0.05, 0) is 31.5 Å². The Morgan fingerprint density at radius 1 is 1.30 bits per heavy atom. The first-order valence-electron chi connectivity index (χ1n) is 7.46. The van der Waals surface area contributed by atoms with Crippen molar-refractivity contribution in [2.75, 3.05) is 6.61 Å². The molecule has 1 aliphatic heterocycles. The summed E-state index contributed by atoms with van der Waals surface area (Å²) in [6.07, 6.45) is -0.430. The summed E-state index contributed by atoms with van der Waals surface area (Å²) in [6, 6.07) is 6.45. The lowest BCUT2D eigenvalue weighted by atomic mass is 10.1. The van der Waals surface area contributed by atoms with Gasteiger partial charge in [0.05, 0.1) is 12.2 Å². The predicted molar refractivity (Wildman–Crippen MR) is 81.7 cm³/mol. The van der Waals surface area contributed by atoms with Crippen molar-refractivity contribution in [2.45, 2.75) is 39.0 Å². The Balaban J connectivity index is 1.85. The topological polar surface area (TPSA) is 93.7 Å². The number of esters is 2. The number of hydrogen-bond donors (Lipinski definition) is 2. The lowest BCUT2D eigenvalue weighted by Crippen LogP contribution is -2.39. The quantitative estimate of drug-likeness (QED) is 0.799. The van der Waals surface area contributed by atoms with Crippen molar-refractivity contribution in [3.63, 3.8) is 0 Å². The average Bonchev–Trinajstić information content (AvgIpc) is 2.90. The molecule has 1 fully saturated rings. The molecular weight excluding hydrogens is 300 g/mol. The fourth-order valence-corrected chi connectivity index (χ4v) is 2.04. The van der Waals surface area contributed by atoms with Gasteiger partial charge >= 0.3 is 18.0 Å². The summed E-state index contributed by atoms with van der Waals surface area (Å²) in [6.45, 7) is 4.38. The highest BCUT2D eigenvalue weighted by molar-refractivity contribution is 5.91. The molecule has 1 saturated heterocycles. The maximum atomic E-state index is 11.9. The third-order valence-electron chi connectivity index (χ3n) is 3.20. The van der Waals surface area contributed by atoms with Gasteiger partial charge in [-0.3, -0.25) is 0 Å². The summed E-state index contributed by atoms with van der Waals surface area (Å²) in [5.41, 5.74) is 1.20. The first kappa shape index (κ1) is 16.8. The van der Waals surface area contributed by atoms with Gasteiger partial charge in [-0.25, -0.2) is 14.4 Å². The molecule has 1 aliphatic rings. The van der Waals surface area contributed by atoms with E-state index in [1.54, 1.807) is 24.3 Å². The monoisotopic (exact) mass is 320 g/mol. The molecule has 1 heterocycles. The Hall–Kier alpha value is -2.57.